The molecule has 0 spiro atoms. The number of benzene rings is 1. The number of carbonyl (C=O) groups is 2. The number of fused-ring (bicyclic) bond motifs is 1. The molecule has 102 valence electrons. The largest absolute Gasteiger partial charge is 0.328 e. The van der Waals surface area contributed by atoms with Crippen molar-refractivity contribution in [3.05, 3.63) is 34.9 Å². The van der Waals surface area contributed by atoms with Crippen molar-refractivity contribution in [3.63, 3.8) is 0 Å². The molecule has 4 nitrogen and oxygen atoms in total. The van der Waals surface area contributed by atoms with Gasteiger partial charge in [-0.15, -0.1) is 0 Å². The van der Waals surface area contributed by atoms with E-state index in [9.17, 15) is 9.59 Å². The van der Waals surface area contributed by atoms with E-state index in [0.717, 1.165) is 24.8 Å². The molecule has 0 fully saturated rings. The molecule has 0 aliphatic carbocycles. The first-order valence-electron chi connectivity index (χ1n) is 6.78. The van der Waals surface area contributed by atoms with Crippen molar-refractivity contribution in [2.45, 2.75) is 39.2 Å². The number of aryl methyl sites for hydroxylation is 1. The molecule has 1 aliphatic heterocycles. The lowest BCUT2D eigenvalue weighted by Gasteiger charge is -2.24. The first kappa shape index (κ1) is 13.7. The summed E-state index contributed by atoms with van der Waals surface area (Å²) in [5.41, 5.74) is 7.74. The van der Waals surface area contributed by atoms with Gasteiger partial charge in [-0.2, -0.15) is 0 Å². The highest BCUT2D eigenvalue weighted by atomic mass is 16.2. The van der Waals surface area contributed by atoms with Gasteiger partial charge in [0.1, 0.15) is 0 Å². The Labute approximate surface area is 113 Å². The van der Waals surface area contributed by atoms with Crippen LogP contribution in [0.1, 0.15) is 52.5 Å². The molecule has 0 aromatic heterocycles. The van der Waals surface area contributed by atoms with Gasteiger partial charge < -0.3 is 5.73 Å². The van der Waals surface area contributed by atoms with Gasteiger partial charge in [0.05, 0.1) is 17.2 Å². The van der Waals surface area contributed by atoms with Gasteiger partial charge in [-0.05, 0) is 25.5 Å². The van der Waals surface area contributed by atoms with E-state index in [4.69, 9.17) is 5.73 Å². The molecule has 2 rings (SSSR count). The van der Waals surface area contributed by atoms with Crippen molar-refractivity contribution in [1.82, 2.24) is 4.90 Å². The standard InChI is InChI=1S/C15H20N2O2/c1-3-4-5-11(9-16)17-14(18)12-7-6-10(2)8-13(12)15(17)19/h6-8,11H,3-5,9,16H2,1-2H3. The van der Waals surface area contributed by atoms with Crippen molar-refractivity contribution in [2.24, 2.45) is 5.73 Å². The SMILES string of the molecule is CCCCC(CN)N1C(=O)c2ccc(C)cc2C1=O. The molecule has 4 heteroatoms. The van der Waals surface area contributed by atoms with Crippen molar-refractivity contribution < 1.29 is 9.59 Å². The summed E-state index contributed by atoms with van der Waals surface area (Å²) in [6, 6.07) is 5.19. The summed E-state index contributed by atoms with van der Waals surface area (Å²) in [5, 5.41) is 0. The third-order valence-corrected chi connectivity index (χ3v) is 3.60. The quantitative estimate of drug-likeness (QED) is 0.825. The molecule has 2 amide bonds. The van der Waals surface area contributed by atoms with Crippen molar-refractivity contribution in [2.75, 3.05) is 6.54 Å². The highest BCUT2D eigenvalue weighted by Crippen LogP contribution is 2.26. The topological polar surface area (TPSA) is 63.4 Å². The highest BCUT2D eigenvalue weighted by molar-refractivity contribution is 6.21. The molecule has 0 radical (unpaired) electrons. The average Bonchev–Trinajstić information content (AvgIpc) is 2.64. The summed E-state index contributed by atoms with van der Waals surface area (Å²) in [7, 11) is 0. The average molecular weight is 260 g/mol. The smallest absolute Gasteiger partial charge is 0.261 e. The second-order valence-electron chi connectivity index (χ2n) is 5.06. The van der Waals surface area contributed by atoms with Crippen molar-refractivity contribution >= 4 is 11.8 Å². The van der Waals surface area contributed by atoms with Crippen LogP contribution in [0.2, 0.25) is 0 Å². The molecule has 2 N–H and O–H groups in total. The number of nitrogens with zero attached hydrogens (tertiary/aromatic N) is 1. The molecular formula is C15H20N2O2. The summed E-state index contributed by atoms with van der Waals surface area (Å²) in [6.07, 6.45) is 2.77. The minimum absolute atomic E-state index is 0.187. The fourth-order valence-electron chi connectivity index (χ4n) is 2.50. The number of hydrogen-bond donors (Lipinski definition) is 1. The molecule has 1 atom stereocenters. The van der Waals surface area contributed by atoms with E-state index < -0.39 is 0 Å². The van der Waals surface area contributed by atoms with Crippen LogP contribution in [0.25, 0.3) is 0 Å². The second-order valence-corrected chi connectivity index (χ2v) is 5.06. The fourth-order valence-corrected chi connectivity index (χ4v) is 2.50. The third-order valence-electron chi connectivity index (χ3n) is 3.60. The molecule has 1 aliphatic rings. The molecule has 0 bridgehead atoms. The zero-order valence-electron chi connectivity index (χ0n) is 11.5. The maximum absolute atomic E-state index is 12.4. The minimum Gasteiger partial charge on any atom is -0.328 e. The first-order chi connectivity index (χ1) is 9.10. The van der Waals surface area contributed by atoms with Crippen LogP contribution in [0.3, 0.4) is 0 Å². The predicted octanol–water partition coefficient (Wildman–Crippen LogP) is 2.11. The zero-order chi connectivity index (χ0) is 14.0. The van der Waals surface area contributed by atoms with E-state index in [2.05, 4.69) is 6.92 Å². The Hall–Kier alpha value is -1.68. The van der Waals surface area contributed by atoms with Crippen molar-refractivity contribution in [3.8, 4) is 0 Å². The molecule has 0 saturated carbocycles. The van der Waals surface area contributed by atoms with Gasteiger partial charge in [-0.25, -0.2) is 0 Å². The minimum atomic E-state index is -0.202. The van der Waals surface area contributed by atoms with Gasteiger partial charge in [0, 0.05) is 6.54 Å². The maximum atomic E-state index is 12.4. The van der Waals surface area contributed by atoms with Gasteiger partial charge in [0.25, 0.3) is 11.8 Å². The summed E-state index contributed by atoms with van der Waals surface area (Å²) >= 11 is 0. The Morgan fingerprint density at radius 2 is 1.89 bits per heavy atom. The number of imide groups is 1. The number of carbonyl (C=O) groups excluding carboxylic acids is 2. The molecule has 0 saturated heterocycles. The van der Waals surface area contributed by atoms with E-state index in [1.54, 1.807) is 12.1 Å². The van der Waals surface area contributed by atoms with Gasteiger partial charge in [0.15, 0.2) is 0 Å². The monoisotopic (exact) mass is 260 g/mol. The van der Waals surface area contributed by atoms with E-state index in [1.807, 2.05) is 13.0 Å². The summed E-state index contributed by atoms with van der Waals surface area (Å²) < 4.78 is 0. The number of hydrogen-bond acceptors (Lipinski definition) is 3. The highest BCUT2D eigenvalue weighted by Gasteiger charge is 2.39. The fraction of sp³-hybridized carbons (Fsp3) is 0.467. The van der Waals surface area contributed by atoms with Crippen LogP contribution in [0.4, 0.5) is 0 Å². The van der Waals surface area contributed by atoms with Gasteiger partial charge >= 0.3 is 0 Å². The lowest BCUT2D eigenvalue weighted by atomic mass is 10.1. The third kappa shape index (κ3) is 2.40. The van der Waals surface area contributed by atoms with Crippen LogP contribution in [0.5, 0.6) is 0 Å². The second kappa shape index (κ2) is 5.53. The first-order valence-corrected chi connectivity index (χ1v) is 6.78. The van der Waals surface area contributed by atoms with Crippen LogP contribution >= 0.6 is 0 Å². The number of unbranched alkanes of at least 4 members (excludes halogenated alkanes) is 1. The van der Waals surface area contributed by atoms with E-state index >= 15 is 0 Å². The van der Waals surface area contributed by atoms with Crippen LogP contribution in [0.15, 0.2) is 18.2 Å². The Morgan fingerprint density at radius 3 is 2.53 bits per heavy atom. The lowest BCUT2D eigenvalue weighted by molar-refractivity contribution is 0.0580. The molecule has 1 aromatic carbocycles. The molecular weight excluding hydrogens is 240 g/mol. The molecule has 19 heavy (non-hydrogen) atoms. The Morgan fingerprint density at radius 1 is 1.21 bits per heavy atom. The van der Waals surface area contributed by atoms with Gasteiger partial charge in [-0.3, -0.25) is 14.5 Å². The van der Waals surface area contributed by atoms with Gasteiger partial charge in [0.2, 0.25) is 0 Å². The number of amides is 2. The van der Waals surface area contributed by atoms with Gasteiger partial charge in [-0.1, -0.05) is 31.4 Å². The molecule has 1 aromatic rings. The summed E-state index contributed by atoms with van der Waals surface area (Å²) in [5.74, 6) is -0.401. The maximum Gasteiger partial charge on any atom is 0.261 e. The molecule has 1 unspecified atom stereocenters. The van der Waals surface area contributed by atoms with E-state index in [1.165, 1.54) is 4.90 Å². The Balaban J connectivity index is 2.30. The number of nitrogens with two attached hydrogens (primary N) is 1. The Kier molecular flexibility index (Phi) is 4.00. The van der Waals surface area contributed by atoms with Crippen LogP contribution < -0.4 is 5.73 Å². The summed E-state index contributed by atoms with van der Waals surface area (Å²) in [4.78, 5) is 26.1. The summed E-state index contributed by atoms with van der Waals surface area (Å²) in [6.45, 7) is 4.32. The van der Waals surface area contributed by atoms with Crippen LogP contribution in [0, 0.1) is 6.92 Å². The van der Waals surface area contributed by atoms with E-state index in [-0.39, 0.29) is 17.9 Å². The predicted molar refractivity (Wildman–Crippen MR) is 74.0 cm³/mol. The van der Waals surface area contributed by atoms with E-state index in [0.29, 0.717) is 17.7 Å². The van der Waals surface area contributed by atoms with Crippen LogP contribution in [-0.4, -0.2) is 29.3 Å². The normalized spacial score (nSPS) is 15.8. The zero-order valence-corrected chi connectivity index (χ0v) is 11.5. The number of rotatable bonds is 5. The Bertz CT molecular complexity index is 511. The van der Waals surface area contributed by atoms with Crippen LogP contribution in [-0.2, 0) is 0 Å². The van der Waals surface area contributed by atoms with Crippen molar-refractivity contribution in [1.29, 1.82) is 0 Å². The molecule has 1 heterocycles. The lowest BCUT2D eigenvalue weighted by Crippen LogP contribution is -2.44.